The van der Waals surface area contributed by atoms with Crippen LogP contribution in [-0.2, 0) is 16.1 Å². The van der Waals surface area contributed by atoms with E-state index in [1.807, 2.05) is 45.0 Å². The van der Waals surface area contributed by atoms with E-state index in [-0.39, 0.29) is 18.6 Å². The second kappa shape index (κ2) is 7.39. The fourth-order valence-corrected chi connectivity index (χ4v) is 1.88. The first-order chi connectivity index (χ1) is 8.54. The molecule has 1 aromatic carbocycles. The molecular formula is C14H20ClNO2. The average Bonchev–Trinajstić information content (AvgIpc) is 2.32. The van der Waals surface area contributed by atoms with Gasteiger partial charge in [-0.15, -0.1) is 0 Å². The van der Waals surface area contributed by atoms with E-state index in [4.69, 9.17) is 16.3 Å². The highest BCUT2D eigenvalue weighted by Crippen LogP contribution is 2.14. The Labute approximate surface area is 114 Å². The Hall–Kier alpha value is -1.06. The molecule has 0 spiro atoms. The second-order valence-corrected chi connectivity index (χ2v) is 4.82. The molecule has 0 heterocycles. The van der Waals surface area contributed by atoms with Gasteiger partial charge in [0, 0.05) is 24.2 Å². The Kier molecular flexibility index (Phi) is 6.16. The molecule has 0 fully saturated rings. The van der Waals surface area contributed by atoms with Gasteiger partial charge in [-0.2, -0.15) is 0 Å². The van der Waals surface area contributed by atoms with Gasteiger partial charge < -0.3 is 9.64 Å². The van der Waals surface area contributed by atoms with Crippen LogP contribution >= 0.6 is 11.6 Å². The Morgan fingerprint density at radius 3 is 2.72 bits per heavy atom. The summed E-state index contributed by atoms with van der Waals surface area (Å²) < 4.78 is 5.17. The van der Waals surface area contributed by atoms with E-state index in [1.165, 1.54) is 0 Å². The summed E-state index contributed by atoms with van der Waals surface area (Å²) in [6, 6.07) is 7.70. The van der Waals surface area contributed by atoms with Crippen molar-refractivity contribution in [1.29, 1.82) is 0 Å². The van der Waals surface area contributed by atoms with Gasteiger partial charge in [0.15, 0.2) is 0 Å². The molecule has 0 N–H and O–H groups in total. The molecule has 1 rings (SSSR count). The zero-order valence-corrected chi connectivity index (χ0v) is 11.9. The number of halogens is 1. The van der Waals surface area contributed by atoms with Crippen LogP contribution < -0.4 is 0 Å². The maximum absolute atomic E-state index is 12.0. The summed E-state index contributed by atoms with van der Waals surface area (Å²) in [6.45, 7) is 7.11. The SMILES string of the molecule is CCOCC(=O)N(Cc1cccc(Cl)c1)C(C)C. The Morgan fingerprint density at radius 1 is 1.44 bits per heavy atom. The van der Waals surface area contributed by atoms with E-state index >= 15 is 0 Å². The summed E-state index contributed by atoms with van der Waals surface area (Å²) in [5, 5.41) is 0.688. The van der Waals surface area contributed by atoms with Gasteiger partial charge >= 0.3 is 0 Å². The molecule has 1 amide bonds. The van der Waals surface area contributed by atoms with Crippen molar-refractivity contribution in [3.05, 3.63) is 34.9 Å². The zero-order valence-electron chi connectivity index (χ0n) is 11.1. The van der Waals surface area contributed by atoms with Gasteiger partial charge in [-0.05, 0) is 38.5 Å². The number of carbonyl (C=O) groups excluding carboxylic acids is 1. The molecule has 0 aliphatic heterocycles. The minimum atomic E-state index is 0.00632. The van der Waals surface area contributed by atoms with E-state index < -0.39 is 0 Å². The standard InChI is InChI=1S/C14H20ClNO2/c1-4-18-10-14(17)16(11(2)3)9-12-6-5-7-13(15)8-12/h5-8,11H,4,9-10H2,1-3H3. The molecule has 0 radical (unpaired) electrons. The molecule has 1 aromatic rings. The molecule has 0 bridgehead atoms. The molecule has 0 aromatic heterocycles. The van der Waals surface area contributed by atoms with E-state index in [1.54, 1.807) is 4.90 Å². The van der Waals surface area contributed by atoms with Gasteiger partial charge in [-0.3, -0.25) is 4.79 Å². The minimum Gasteiger partial charge on any atom is -0.372 e. The first-order valence-electron chi connectivity index (χ1n) is 6.16. The number of benzene rings is 1. The quantitative estimate of drug-likeness (QED) is 0.794. The zero-order chi connectivity index (χ0) is 13.5. The van der Waals surface area contributed by atoms with Crippen LogP contribution in [0.25, 0.3) is 0 Å². The average molecular weight is 270 g/mol. The third kappa shape index (κ3) is 4.67. The van der Waals surface area contributed by atoms with Crippen molar-refractivity contribution in [2.75, 3.05) is 13.2 Å². The Morgan fingerprint density at radius 2 is 2.17 bits per heavy atom. The lowest BCUT2D eigenvalue weighted by Gasteiger charge is -2.27. The number of rotatable bonds is 6. The van der Waals surface area contributed by atoms with Crippen molar-refractivity contribution >= 4 is 17.5 Å². The largest absolute Gasteiger partial charge is 0.372 e. The van der Waals surface area contributed by atoms with Gasteiger partial charge in [-0.25, -0.2) is 0 Å². The summed E-state index contributed by atoms with van der Waals surface area (Å²) in [4.78, 5) is 13.8. The van der Waals surface area contributed by atoms with Crippen LogP contribution in [0, 0.1) is 0 Å². The minimum absolute atomic E-state index is 0.00632. The Balaban J connectivity index is 2.71. The fraction of sp³-hybridized carbons (Fsp3) is 0.500. The molecule has 3 nitrogen and oxygen atoms in total. The van der Waals surface area contributed by atoms with Crippen LogP contribution in [0.4, 0.5) is 0 Å². The topological polar surface area (TPSA) is 29.5 Å². The fourth-order valence-electron chi connectivity index (χ4n) is 1.66. The third-order valence-corrected chi connectivity index (χ3v) is 2.85. The molecule has 0 saturated carbocycles. The van der Waals surface area contributed by atoms with E-state index in [2.05, 4.69) is 0 Å². The molecule has 0 aliphatic carbocycles. The highest BCUT2D eigenvalue weighted by atomic mass is 35.5. The van der Waals surface area contributed by atoms with Gasteiger partial charge in [0.1, 0.15) is 6.61 Å². The molecule has 0 unspecified atom stereocenters. The third-order valence-electron chi connectivity index (χ3n) is 2.62. The van der Waals surface area contributed by atoms with Gasteiger partial charge in [-0.1, -0.05) is 23.7 Å². The van der Waals surface area contributed by atoms with Gasteiger partial charge in [0.25, 0.3) is 0 Å². The highest BCUT2D eigenvalue weighted by Gasteiger charge is 2.17. The van der Waals surface area contributed by atoms with Crippen LogP contribution in [0.3, 0.4) is 0 Å². The molecule has 0 aliphatic rings. The number of ether oxygens (including phenoxy) is 1. The maximum Gasteiger partial charge on any atom is 0.249 e. The van der Waals surface area contributed by atoms with Crippen LogP contribution in [0.15, 0.2) is 24.3 Å². The lowest BCUT2D eigenvalue weighted by atomic mass is 10.2. The van der Waals surface area contributed by atoms with Crippen molar-refractivity contribution in [3.63, 3.8) is 0 Å². The van der Waals surface area contributed by atoms with E-state index in [0.29, 0.717) is 18.2 Å². The molecule has 0 saturated heterocycles. The molecule has 4 heteroatoms. The van der Waals surface area contributed by atoms with Crippen LogP contribution in [-0.4, -0.2) is 30.1 Å². The second-order valence-electron chi connectivity index (χ2n) is 4.38. The number of nitrogens with zero attached hydrogens (tertiary/aromatic N) is 1. The van der Waals surface area contributed by atoms with E-state index in [9.17, 15) is 4.79 Å². The van der Waals surface area contributed by atoms with Crippen molar-refractivity contribution in [2.24, 2.45) is 0 Å². The van der Waals surface area contributed by atoms with Gasteiger partial charge in [0.2, 0.25) is 5.91 Å². The first-order valence-corrected chi connectivity index (χ1v) is 6.54. The molecule has 100 valence electrons. The number of hydrogen-bond donors (Lipinski definition) is 0. The molecular weight excluding hydrogens is 250 g/mol. The number of amides is 1. The summed E-state index contributed by atoms with van der Waals surface area (Å²) in [7, 11) is 0. The van der Waals surface area contributed by atoms with Gasteiger partial charge in [0.05, 0.1) is 0 Å². The summed E-state index contributed by atoms with van der Waals surface area (Å²) in [5.74, 6) is 0.00632. The molecule has 18 heavy (non-hydrogen) atoms. The maximum atomic E-state index is 12.0. The Bertz CT molecular complexity index is 393. The summed E-state index contributed by atoms with van der Waals surface area (Å²) in [6.07, 6.45) is 0. The van der Waals surface area contributed by atoms with Crippen LogP contribution in [0.1, 0.15) is 26.3 Å². The molecule has 0 atom stereocenters. The predicted octanol–water partition coefficient (Wildman–Crippen LogP) is 3.11. The number of hydrogen-bond acceptors (Lipinski definition) is 2. The smallest absolute Gasteiger partial charge is 0.249 e. The van der Waals surface area contributed by atoms with Crippen molar-refractivity contribution in [1.82, 2.24) is 4.90 Å². The van der Waals surface area contributed by atoms with Crippen LogP contribution in [0.5, 0.6) is 0 Å². The number of carbonyl (C=O) groups is 1. The van der Waals surface area contributed by atoms with Crippen molar-refractivity contribution in [3.8, 4) is 0 Å². The predicted molar refractivity (Wildman–Crippen MR) is 73.6 cm³/mol. The lowest BCUT2D eigenvalue weighted by Crippen LogP contribution is -2.38. The van der Waals surface area contributed by atoms with Crippen LogP contribution in [0.2, 0.25) is 5.02 Å². The monoisotopic (exact) mass is 269 g/mol. The van der Waals surface area contributed by atoms with E-state index in [0.717, 1.165) is 5.56 Å². The lowest BCUT2D eigenvalue weighted by molar-refractivity contribution is -0.138. The first kappa shape index (κ1) is 15.0. The van der Waals surface area contributed by atoms with Crippen molar-refractivity contribution < 1.29 is 9.53 Å². The summed E-state index contributed by atoms with van der Waals surface area (Å²) >= 11 is 5.94. The highest BCUT2D eigenvalue weighted by molar-refractivity contribution is 6.30. The summed E-state index contributed by atoms with van der Waals surface area (Å²) in [5.41, 5.74) is 1.03. The van der Waals surface area contributed by atoms with Crippen molar-refractivity contribution in [2.45, 2.75) is 33.4 Å². The normalized spacial score (nSPS) is 10.7.